The van der Waals surface area contributed by atoms with Crippen LogP contribution in [0.15, 0.2) is 134 Å². The van der Waals surface area contributed by atoms with E-state index in [9.17, 15) is 29.1 Å². The number of halogens is 1. The molecule has 0 aromatic heterocycles. The summed E-state index contributed by atoms with van der Waals surface area (Å²) in [7, 11) is 0. The molecule has 5 aromatic carbocycles. The van der Waals surface area contributed by atoms with Gasteiger partial charge >= 0.3 is 23.9 Å². The first kappa shape index (κ1) is 55.1. The molecule has 1 unspecified atom stereocenters. The molecule has 0 radical (unpaired) electrons. The lowest BCUT2D eigenvalue weighted by molar-refractivity contribution is -0.180. The first-order valence-corrected chi connectivity index (χ1v) is 28.1. The number of aliphatic hydroxyl groups excluding tert-OH is 1. The van der Waals surface area contributed by atoms with Gasteiger partial charge in [0.15, 0.2) is 0 Å². The predicted octanol–water partition coefficient (Wildman–Crippen LogP) is 6.49. The van der Waals surface area contributed by atoms with Gasteiger partial charge in [0.05, 0.1) is 30.7 Å². The van der Waals surface area contributed by atoms with Gasteiger partial charge in [-0.05, 0) is 124 Å². The van der Waals surface area contributed by atoms with E-state index in [1.165, 1.54) is 13.0 Å². The molecule has 0 saturated carbocycles. The molecule has 6 aliphatic heterocycles. The second-order valence-corrected chi connectivity index (χ2v) is 21.9. The highest BCUT2D eigenvalue weighted by Crippen LogP contribution is 2.65. The Morgan fingerprint density at radius 3 is 2.11 bits per heavy atom. The van der Waals surface area contributed by atoms with Crippen molar-refractivity contribution < 1.29 is 71.8 Å². The number of nitrogens with zero attached hydrogens (tertiary/aromatic N) is 3. The van der Waals surface area contributed by atoms with Crippen LogP contribution in [0.25, 0.3) is 0 Å². The fourth-order valence-electron chi connectivity index (χ4n) is 13.0. The van der Waals surface area contributed by atoms with Crippen LogP contribution in [0.2, 0.25) is 0 Å². The summed E-state index contributed by atoms with van der Waals surface area (Å²) in [5, 5.41) is 12.5. The summed E-state index contributed by atoms with van der Waals surface area (Å²) in [6.45, 7) is 5.08. The Morgan fingerprint density at radius 1 is 0.716 bits per heavy atom. The summed E-state index contributed by atoms with van der Waals surface area (Å²) in [5.41, 5.74) is 1.70. The lowest BCUT2D eigenvalue weighted by Gasteiger charge is -2.46. The summed E-state index contributed by atoms with van der Waals surface area (Å²) < 4.78 is 41.9. The van der Waals surface area contributed by atoms with Crippen LogP contribution in [0.1, 0.15) is 78.2 Å². The summed E-state index contributed by atoms with van der Waals surface area (Å²) in [5.74, 6) is -4.46. The first-order chi connectivity index (χ1) is 39.3. The van der Waals surface area contributed by atoms with E-state index in [1.54, 1.807) is 76.5 Å². The Bertz CT molecular complexity index is 3250. The maximum absolute atomic E-state index is 15.3. The number of nitrogens with one attached hydrogen (secondary N) is 1. The maximum atomic E-state index is 15.3. The molecular formula is C61H59IN4O15. The number of aliphatic hydroxyl groups is 1. The van der Waals surface area contributed by atoms with E-state index >= 15 is 9.59 Å². The number of esters is 4. The summed E-state index contributed by atoms with van der Waals surface area (Å²) in [4.78, 5) is 104. The van der Waals surface area contributed by atoms with E-state index in [2.05, 4.69) is 34.5 Å². The molecule has 1 spiro atoms. The second kappa shape index (κ2) is 23.3. The highest BCUT2D eigenvalue weighted by atomic mass is 127. The van der Waals surface area contributed by atoms with E-state index in [0.29, 0.717) is 63.7 Å². The molecule has 5 fully saturated rings. The number of hydrogen-bond acceptors (Lipinski definition) is 16. The number of carbonyl (C=O) groups excluding carboxylic acids is 7. The van der Waals surface area contributed by atoms with Gasteiger partial charge in [0.2, 0.25) is 17.7 Å². The Labute approximate surface area is 480 Å². The molecule has 5 saturated heterocycles. The fraction of sp³-hybridized carbons (Fsp3) is 0.361. The van der Waals surface area contributed by atoms with Crippen molar-refractivity contribution in [3.63, 3.8) is 0 Å². The Hall–Kier alpha value is -7.82. The minimum absolute atomic E-state index is 0.0265. The minimum Gasteiger partial charge on any atom is -0.491 e. The van der Waals surface area contributed by atoms with E-state index in [-0.39, 0.29) is 64.5 Å². The SMILES string of the molecule is C=CCOC(=O)[C@@H]1C2C(=O)O[C@H](c3ccccc3)[C@H](c3ccc(OCCOC(=O)[C@H]4C[C@H]5C(=O)N6CCC[C@@H]6C(=O)N5[C@H]4c4cccc(OCCO)c4)cc3)N2[C@H](c2ccc(OCCOC(C)=O)cc2)[C@@]12C(=O)Nc1ccc(I)cc12. The van der Waals surface area contributed by atoms with Crippen molar-refractivity contribution in [3.05, 3.63) is 165 Å². The molecule has 19 nitrogen and oxygen atoms in total. The van der Waals surface area contributed by atoms with Crippen molar-refractivity contribution in [1.82, 2.24) is 14.7 Å². The van der Waals surface area contributed by atoms with Gasteiger partial charge in [0.1, 0.15) is 92.5 Å². The smallest absolute Gasteiger partial charge is 0.325 e. The molecule has 5 aromatic rings. The lowest BCUT2D eigenvalue weighted by Crippen LogP contribution is -2.60. The van der Waals surface area contributed by atoms with Crippen LogP contribution in [0.5, 0.6) is 17.2 Å². The van der Waals surface area contributed by atoms with E-state index < -0.39 is 89.4 Å². The molecule has 0 bridgehead atoms. The molecular weight excluding hydrogens is 1160 g/mol. The van der Waals surface area contributed by atoms with Crippen molar-refractivity contribution in [2.45, 2.75) is 74.0 Å². The fourth-order valence-corrected chi connectivity index (χ4v) is 13.5. The molecule has 3 amide bonds. The molecule has 6 heterocycles. The van der Waals surface area contributed by atoms with Crippen molar-refractivity contribution in [2.75, 3.05) is 58.1 Å². The Kier molecular flexibility index (Phi) is 15.9. The van der Waals surface area contributed by atoms with Gasteiger partial charge < -0.3 is 53.4 Å². The third-order valence-electron chi connectivity index (χ3n) is 16.1. The zero-order valence-corrected chi connectivity index (χ0v) is 46.3. The standard InChI is InChI=1S/C61H59IN4O15/c1-3-26-79-58(72)49-52-59(73)81-53(37-9-5-4-6-10-37)51(66(52)54(38-16-21-42(22-17-38)77-29-28-75-35(2)68)61(49)45-33-40(62)18-23-46(45)63-60(61)74)36-14-19-41(20-15-36)78-30-31-80-57(71)44-34-48-55(69)64-24-8-13-47(64)56(70)65(48)50(44)39-11-7-12-43(32-39)76-27-25-67/h3-7,9-12,14-23,32-33,44,47-54,67H,1,8,13,24-31,34H2,2H3,(H,63,74)/t44-,47+,48-,49-,50-,51-,52?,53+,54+,61-/m0/s1. The van der Waals surface area contributed by atoms with Gasteiger partial charge in [-0.1, -0.05) is 79.4 Å². The summed E-state index contributed by atoms with van der Waals surface area (Å²) in [6.07, 6.45) is 1.79. The van der Waals surface area contributed by atoms with Crippen molar-refractivity contribution in [2.24, 2.45) is 11.8 Å². The van der Waals surface area contributed by atoms with Gasteiger partial charge in [-0.3, -0.25) is 38.5 Å². The van der Waals surface area contributed by atoms with Gasteiger partial charge in [0.25, 0.3) is 0 Å². The van der Waals surface area contributed by atoms with Gasteiger partial charge in [-0.25, -0.2) is 0 Å². The first-order valence-electron chi connectivity index (χ1n) is 27.0. The van der Waals surface area contributed by atoms with Crippen molar-refractivity contribution in [1.29, 1.82) is 0 Å². The maximum Gasteiger partial charge on any atom is 0.325 e. The quantitative estimate of drug-likeness (QED) is 0.0296. The van der Waals surface area contributed by atoms with Crippen LogP contribution in [-0.4, -0.2) is 132 Å². The number of ether oxygens (including phenoxy) is 7. The minimum atomic E-state index is -1.77. The van der Waals surface area contributed by atoms with Gasteiger partial charge in [-0.2, -0.15) is 0 Å². The third kappa shape index (κ3) is 10.1. The van der Waals surface area contributed by atoms with Crippen molar-refractivity contribution in [3.8, 4) is 17.2 Å². The highest BCUT2D eigenvalue weighted by Gasteiger charge is 2.74. The zero-order valence-electron chi connectivity index (χ0n) is 44.2. The average molecular weight is 1220 g/mol. The van der Waals surface area contributed by atoms with Crippen LogP contribution < -0.4 is 19.5 Å². The van der Waals surface area contributed by atoms with Crippen LogP contribution in [-0.2, 0) is 57.9 Å². The van der Waals surface area contributed by atoms with Crippen LogP contribution >= 0.6 is 22.6 Å². The number of hydrogen-bond donors (Lipinski definition) is 2. The summed E-state index contributed by atoms with van der Waals surface area (Å²) in [6, 6.07) is 30.4. The number of fused-ring (bicyclic) bond motifs is 5. The van der Waals surface area contributed by atoms with E-state index in [1.807, 2.05) is 59.5 Å². The Morgan fingerprint density at radius 2 is 1.41 bits per heavy atom. The number of amides is 3. The topological polar surface area (TPSA) is 226 Å². The zero-order chi connectivity index (χ0) is 56.5. The number of anilines is 1. The number of rotatable bonds is 19. The van der Waals surface area contributed by atoms with Gasteiger partial charge in [0, 0.05) is 22.7 Å². The van der Waals surface area contributed by atoms with E-state index in [0.717, 1.165) is 9.99 Å². The third-order valence-corrected chi connectivity index (χ3v) is 16.8. The molecule has 20 heteroatoms. The second-order valence-electron chi connectivity index (χ2n) is 20.6. The highest BCUT2D eigenvalue weighted by molar-refractivity contribution is 14.1. The predicted molar refractivity (Wildman–Crippen MR) is 297 cm³/mol. The number of carbonyl (C=O) groups is 7. The molecule has 0 aliphatic carbocycles. The van der Waals surface area contributed by atoms with Crippen LogP contribution in [0, 0.1) is 15.4 Å². The molecule has 81 heavy (non-hydrogen) atoms. The summed E-state index contributed by atoms with van der Waals surface area (Å²) >= 11 is 2.17. The molecule has 2 N–H and O–H groups in total. The number of benzene rings is 5. The largest absolute Gasteiger partial charge is 0.491 e. The normalized spacial score (nSPS) is 26.2. The van der Waals surface area contributed by atoms with Crippen LogP contribution in [0.4, 0.5) is 5.69 Å². The van der Waals surface area contributed by atoms with Crippen molar-refractivity contribution >= 4 is 69.9 Å². The van der Waals surface area contributed by atoms with E-state index in [4.69, 9.17) is 33.2 Å². The molecule has 10 atom stereocenters. The number of piperazine rings is 1. The molecule has 11 rings (SSSR count). The van der Waals surface area contributed by atoms with Gasteiger partial charge in [-0.15, -0.1) is 0 Å². The lowest BCUT2D eigenvalue weighted by atomic mass is 9.65. The average Bonchev–Trinajstić information content (AvgIpc) is 3.21. The van der Waals surface area contributed by atoms with Crippen LogP contribution in [0.3, 0.4) is 0 Å². The molecule has 420 valence electrons. The number of morpholine rings is 1. The Balaban J connectivity index is 0.902. The molecule has 6 aliphatic rings. The monoisotopic (exact) mass is 1210 g/mol. The number of cyclic esters (lactones) is 1.